The van der Waals surface area contributed by atoms with Gasteiger partial charge in [-0.3, -0.25) is 4.79 Å². The van der Waals surface area contributed by atoms with Crippen molar-refractivity contribution in [2.75, 3.05) is 0 Å². The Morgan fingerprint density at radius 3 is 2.30 bits per heavy atom. The fourth-order valence-corrected chi connectivity index (χ4v) is 7.64. The first-order valence-electron chi connectivity index (χ1n) is 10.2. The highest BCUT2D eigenvalue weighted by atomic mass is 32.2. The van der Waals surface area contributed by atoms with Crippen molar-refractivity contribution < 1.29 is 13.2 Å². The van der Waals surface area contributed by atoms with E-state index < -0.39 is 15.1 Å². The molecule has 8 heteroatoms. The van der Waals surface area contributed by atoms with Crippen LogP contribution in [-0.4, -0.2) is 46.1 Å². The summed E-state index contributed by atoms with van der Waals surface area (Å²) in [6.07, 6.45) is 6.55. The molecule has 2 aliphatic heterocycles. The summed E-state index contributed by atoms with van der Waals surface area (Å²) in [6.45, 7) is 1.87. The first-order valence-corrected chi connectivity index (χ1v) is 12.5. The molecule has 30 heavy (non-hydrogen) atoms. The third-order valence-electron chi connectivity index (χ3n) is 6.24. The Morgan fingerprint density at radius 2 is 1.67 bits per heavy atom. The smallest absolute Gasteiger partial charge is 0.266 e. The molecule has 2 aliphatic rings. The number of hydrogen-bond acceptors (Lipinski definition) is 5. The SMILES string of the molecule is Cc1nc(-n2cccc2)sc1C(=O)N1C2CCC1CC(S(=O)(=O)c1ccccc1)C2. The summed E-state index contributed by atoms with van der Waals surface area (Å²) < 4.78 is 28.2. The Kier molecular flexibility index (Phi) is 4.78. The molecule has 0 radical (unpaired) electrons. The van der Waals surface area contributed by atoms with Gasteiger partial charge in [0.15, 0.2) is 15.0 Å². The average molecular weight is 442 g/mol. The fraction of sp³-hybridized carbons (Fsp3) is 0.364. The number of carbonyl (C=O) groups excluding carboxylic acids is 1. The molecule has 6 nitrogen and oxygen atoms in total. The van der Waals surface area contributed by atoms with Gasteiger partial charge in [-0.15, -0.1) is 0 Å². The van der Waals surface area contributed by atoms with Crippen LogP contribution in [-0.2, 0) is 9.84 Å². The number of nitrogens with zero attached hydrogens (tertiary/aromatic N) is 3. The van der Waals surface area contributed by atoms with E-state index in [4.69, 9.17) is 0 Å². The number of benzene rings is 1. The van der Waals surface area contributed by atoms with Gasteiger partial charge in [0.2, 0.25) is 0 Å². The predicted molar refractivity (Wildman–Crippen MR) is 116 cm³/mol. The zero-order valence-electron chi connectivity index (χ0n) is 16.6. The molecule has 2 unspecified atom stereocenters. The molecule has 0 saturated carbocycles. The molecule has 2 atom stereocenters. The molecule has 2 saturated heterocycles. The van der Waals surface area contributed by atoms with Gasteiger partial charge in [0, 0.05) is 24.5 Å². The Morgan fingerprint density at radius 1 is 1.03 bits per heavy atom. The molecule has 4 heterocycles. The van der Waals surface area contributed by atoms with Gasteiger partial charge in [-0.05, 0) is 56.9 Å². The lowest BCUT2D eigenvalue weighted by molar-refractivity contribution is 0.0602. The predicted octanol–water partition coefficient (Wildman–Crippen LogP) is 3.85. The van der Waals surface area contributed by atoms with E-state index in [1.54, 1.807) is 24.3 Å². The van der Waals surface area contributed by atoms with E-state index in [9.17, 15) is 13.2 Å². The lowest BCUT2D eigenvalue weighted by atomic mass is 10.0. The highest BCUT2D eigenvalue weighted by Gasteiger charge is 2.47. The number of carbonyl (C=O) groups is 1. The summed E-state index contributed by atoms with van der Waals surface area (Å²) in [6, 6.07) is 12.5. The van der Waals surface area contributed by atoms with E-state index in [1.807, 2.05) is 47.0 Å². The van der Waals surface area contributed by atoms with E-state index in [1.165, 1.54) is 11.3 Å². The Labute approximate surface area is 180 Å². The zero-order valence-corrected chi connectivity index (χ0v) is 18.3. The van der Waals surface area contributed by atoms with E-state index in [2.05, 4.69) is 4.98 Å². The van der Waals surface area contributed by atoms with Crippen LogP contribution in [0.1, 0.15) is 41.0 Å². The van der Waals surface area contributed by atoms with Crippen molar-refractivity contribution in [3.63, 3.8) is 0 Å². The molecular formula is C22H23N3O3S2. The molecule has 0 spiro atoms. The number of aryl methyl sites for hydroxylation is 1. The number of thiazole rings is 1. The Balaban J connectivity index is 1.39. The third-order valence-corrected chi connectivity index (χ3v) is 9.59. The summed E-state index contributed by atoms with van der Waals surface area (Å²) >= 11 is 1.40. The Bertz CT molecular complexity index is 1160. The van der Waals surface area contributed by atoms with Gasteiger partial charge in [0.25, 0.3) is 5.91 Å². The van der Waals surface area contributed by atoms with Gasteiger partial charge >= 0.3 is 0 Å². The first kappa shape index (κ1) is 19.5. The van der Waals surface area contributed by atoms with Crippen LogP contribution < -0.4 is 0 Å². The summed E-state index contributed by atoms with van der Waals surface area (Å²) in [7, 11) is -3.39. The van der Waals surface area contributed by atoms with Crippen molar-refractivity contribution in [3.8, 4) is 5.13 Å². The largest absolute Gasteiger partial charge is 0.332 e. The van der Waals surface area contributed by atoms with Crippen LogP contribution in [0, 0.1) is 6.92 Å². The van der Waals surface area contributed by atoms with Crippen molar-refractivity contribution in [2.24, 2.45) is 0 Å². The van der Waals surface area contributed by atoms with Crippen molar-refractivity contribution >= 4 is 27.1 Å². The van der Waals surface area contributed by atoms with Crippen LogP contribution in [0.5, 0.6) is 0 Å². The molecular weight excluding hydrogens is 418 g/mol. The second-order valence-electron chi connectivity index (χ2n) is 8.05. The van der Waals surface area contributed by atoms with Gasteiger partial charge < -0.3 is 9.47 Å². The van der Waals surface area contributed by atoms with Gasteiger partial charge in [-0.2, -0.15) is 0 Å². The van der Waals surface area contributed by atoms with E-state index in [-0.39, 0.29) is 18.0 Å². The lowest BCUT2D eigenvalue weighted by Gasteiger charge is -2.38. The minimum atomic E-state index is -3.39. The molecule has 0 N–H and O–H groups in total. The van der Waals surface area contributed by atoms with Crippen LogP contribution in [0.25, 0.3) is 5.13 Å². The summed E-state index contributed by atoms with van der Waals surface area (Å²) in [5.74, 6) is -0.00790. The number of rotatable bonds is 4. The maximum absolute atomic E-state index is 13.4. The van der Waals surface area contributed by atoms with Crippen molar-refractivity contribution in [2.45, 2.75) is 54.8 Å². The van der Waals surface area contributed by atoms with Gasteiger partial charge in [-0.1, -0.05) is 29.5 Å². The molecule has 2 bridgehead atoms. The maximum atomic E-state index is 13.4. The van der Waals surface area contributed by atoms with Gasteiger partial charge in [0.1, 0.15) is 4.88 Å². The van der Waals surface area contributed by atoms with Crippen molar-refractivity contribution in [1.82, 2.24) is 14.5 Å². The van der Waals surface area contributed by atoms with E-state index >= 15 is 0 Å². The van der Waals surface area contributed by atoms with Crippen LogP contribution in [0.2, 0.25) is 0 Å². The summed E-state index contributed by atoms with van der Waals surface area (Å²) in [4.78, 5) is 21.0. The standard InChI is InChI=1S/C22H23N3O3S2/c1-15-20(29-22(23-15)24-11-5-6-12-24)21(26)25-16-9-10-17(25)14-19(13-16)30(27,28)18-7-3-2-4-8-18/h2-8,11-12,16-17,19H,9-10,13-14H2,1H3. The first-order chi connectivity index (χ1) is 14.4. The van der Waals surface area contributed by atoms with Crippen molar-refractivity contribution in [3.05, 3.63) is 65.4 Å². The van der Waals surface area contributed by atoms with Crippen molar-refractivity contribution in [1.29, 1.82) is 0 Å². The maximum Gasteiger partial charge on any atom is 0.266 e. The molecule has 1 amide bonds. The van der Waals surface area contributed by atoms with Crippen LogP contribution >= 0.6 is 11.3 Å². The third kappa shape index (κ3) is 3.18. The Hall–Kier alpha value is -2.45. The topological polar surface area (TPSA) is 72.3 Å². The average Bonchev–Trinajstić information content (AvgIpc) is 3.46. The number of hydrogen-bond donors (Lipinski definition) is 0. The summed E-state index contributed by atoms with van der Waals surface area (Å²) in [5.41, 5.74) is 0.729. The van der Waals surface area contributed by atoms with Gasteiger partial charge in [0.05, 0.1) is 15.8 Å². The summed E-state index contributed by atoms with van der Waals surface area (Å²) in [5, 5.41) is 0.342. The monoisotopic (exact) mass is 441 g/mol. The molecule has 2 aromatic heterocycles. The van der Waals surface area contributed by atoms with Crippen LogP contribution in [0.15, 0.2) is 59.8 Å². The zero-order chi connectivity index (χ0) is 20.9. The number of amides is 1. The fourth-order valence-electron chi connectivity index (χ4n) is 4.79. The number of fused-ring (bicyclic) bond motifs is 2. The normalized spacial score (nSPS) is 23.6. The minimum absolute atomic E-state index is 0.00790. The second-order valence-corrected chi connectivity index (χ2v) is 11.3. The van der Waals surface area contributed by atoms with E-state index in [0.717, 1.165) is 23.7 Å². The van der Waals surface area contributed by atoms with Gasteiger partial charge in [-0.25, -0.2) is 13.4 Å². The number of aromatic nitrogens is 2. The second kappa shape index (κ2) is 7.35. The molecule has 1 aromatic carbocycles. The highest BCUT2D eigenvalue weighted by Crippen LogP contribution is 2.41. The highest BCUT2D eigenvalue weighted by molar-refractivity contribution is 7.92. The van der Waals surface area contributed by atoms with E-state index in [0.29, 0.717) is 22.6 Å². The molecule has 0 aliphatic carbocycles. The van der Waals surface area contributed by atoms with Crippen LogP contribution in [0.3, 0.4) is 0 Å². The minimum Gasteiger partial charge on any atom is -0.332 e. The molecule has 2 fully saturated rings. The lowest BCUT2D eigenvalue weighted by Crippen LogP contribution is -2.49. The molecule has 156 valence electrons. The molecule has 5 rings (SSSR count). The number of piperidine rings is 1. The quantitative estimate of drug-likeness (QED) is 0.616. The number of sulfone groups is 1. The van der Waals surface area contributed by atoms with Crippen LogP contribution in [0.4, 0.5) is 0 Å². The molecule has 3 aromatic rings.